The highest BCUT2D eigenvalue weighted by Gasteiger charge is 2.21. The van der Waals surface area contributed by atoms with Crippen LogP contribution in [0.25, 0.3) is 11.2 Å². The molecule has 2 rings (SSSR count). The molecule has 0 aliphatic carbocycles. The lowest BCUT2D eigenvalue weighted by Gasteiger charge is -2.13. The normalized spacial score (nSPS) is 11.5. The fourth-order valence-electron chi connectivity index (χ4n) is 2.61. The Morgan fingerprint density at radius 2 is 1.82 bits per heavy atom. The number of aliphatic hydroxyl groups excluding tert-OH is 1. The van der Waals surface area contributed by atoms with Crippen LogP contribution in [0.1, 0.15) is 33.7 Å². The fourth-order valence-corrected chi connectivity index (χ4v) is 2.61. The lowest BCUT2D eigenvalue weighted by Crippen LogP contribution is -2.40. The molecule has 0 bridgehead atoms. The van der Waals surface area contributed by atoms with E-state index in [1.165, 1.54) is 9.13 Å². The first-order valence-corrected chi connectivity index (χ1v) is 7.58. The van der Waals surface area contributed by atoms with Crippen LogP contribution in [0.15, 0.2) is 9.59 Å². The van der Waals surface area contributed by atoms with Crippen molar-refractivity contribution in [3.05, 3.63) is 20.8 Å². The van der Waals surface area contributed by atoms with Gasteiger partial charge in [0.05, 0.1) is 6.61 Å². The molecule has 22 heavy (non-hydrogen) atoms. The van der Waals surface area contributed by atoms with E-state index in [4.69, 9.17) is 5.11 Å². The summed E-state index contributed by atoms with van der Waals surface area (Å²) < 4.78 is 4.51. The van der Waals surface area contributed by atoms with E-state index in [1.54, 1.807) is 11.5 Å². The number of rotatable bonds is 6. The van der Waals surface area contributed by atoms with E-state index >= 15 is 0 Å². The van der Waals surface area contributed by atoms with Crippen molar-refractivity contribution in [1.29, 1.82) is 0 Å². The van der Waals surface area contributed by atoms with E-state index in [0.29, 0.717) is 36.7 Å². The van der Waals surface area contributed by atoms with Gasteiger partial charge in [0.1, 0.15) is 0 Å². The van der Waals surface area contributed by atoms with Crippen LogP contribution in [0.3, 0.4) is 0 Å². The molecule has 2 N–H and O–H groups in total. The van der Waals surface area contributed by atoms with Gasteiger partial charge in [-0.1, -0.05) is 0 Å². The van der Waals surface area contributed by atoms with Crippen LogP contribution in [-0.2, 0) is 13.1 Å². The average Bonchev–Trinajstić information content (AvgIpc) is 2.83. The number of hydrogen-bond acceptors (Lipinski definition) is 5. The number of hydrogen-bond donors (Lipinski definition) is 2. The van der Waals surface area contributed by atoms with Crippen LogP contribution in [0.4, 0.5) is 5.95 Å². The monoisotopic (exact) mass is 309 g/mol. The Balaban J connectivity index is 2.92. The third kappa shape index (κ3) is 2.43. The number of imidazole rings is 1. The smallest absolute Gasteiger partial charge is 0.332 e. The third-order valence-corrected chi connectivity index (χ3v) is 3.61. The van der Waals surface area contributed by atoms with E-state index < -0.39 is 0 Å². The lowest BCUT2D eigenvalue weighted by atomic mass is 10.3. The first-order chi connectivity index (χ1) is 10.5. The molecule has 0 fully saturated rings. The van der Waals surface area contributed by atoms with E-state index in [2.05, 4.69) is 10.3 Å². The molecule has 2 heterocycles. The zero-order valence-electron chi connectivity index (χ0n) is 13.5. The van der Waals surface area contributed by atoms with Gasteiger partial charge in [-0.15, -0.1) is 0 Å². The summed E-state index contributed by atoms with van der Waals surface area (Å²) in [5.74, 6) is 0.492. The maximum absolute atomic E-state index is 12.6. The van der Waals surface area contributed by atoms with Crippen molar-refractivity contribution < 1.29 is 5.11 Å². The molecule has 0 aliphatic heterocycles. The van der Waals surface area contributed by atoms with Crippen molar-refractivity contribution in [3.8, 4) is 0 Å². The minimum absolute atomic E-state index is 0.0386. The van der Waals surface area contributed by atoms with Crippen molar-refractivity contribution in [2.75, 3.05) is 18.5 Å². The molecule has 8 heteroatoms. The summed E-state index contributed by atoms with van der Waals surface area (Å²) in [7, 11) is 0. The molecule has 8 nitrogen and oxygen atoms in total. The van der Waals surface area contributed by atoms with Crippen LogP contribution >= 0.6 is 0 Å². The Hall–Kier alpha value is -2.09. The van der Waals surface area contributed by atoms with Gasteiger partial charge in [0.25, 0.3) is 5.56 Å². The van der Waals surface area contributed by atoms with Crippen LogP contribution in [0.2, 0.25) is 0 Å². The molecule has 0 radical (unpaired) electrons. The van der Waals surface area contributed by atoms with Gasteiger partial charge < -0.3 is 15.0 Å². The summed E-state index contributed by atoms with van der Waals surface area (Å²) in [6.45, 7) is 8.60. The average molecular weight is 309 g/mol. The summed E-state index contributed by atoms with van der Waals surface area (Å²) in [4.78, 5) is 29.6. The highest BCUT2D eigenvalue weighted by molar-refractivity contribution is 5.74. The predicted octanol–water partition coefficient (Wildman–Crippen LogP) is 0.385. The van der Waals surface area contributed by atoms with Crippen LogP contribution in [0.5, 0.6) is 0 Å². The van der Waals surface area contributed by atoms with Crippen molar-refractivity contribution >= 4 is 17.1 Å². The van der Waals surface area contributed by atoms with Gasteiger partial charge >= 0.3 is 5.69 Å². The molecule has 0 saturated heterocycles. The Bertz CT molecular complexity index is 784. The molecule has 0 atom stereocenters. The van der Waals surface area contributed by atoms with Gasteiger partial charge in [0, 0.05) is 25.7 Å². The van der Waals surface area contributed by atoms with Gasteiger partial charge in [0.15, 0.2) is 11.2 Å². The Labute approximate surface area is 128 Å². The van der Waals surface area contributed by atoms with Gasteiger partial charge in [-0.25, -0.2) is 4.79 Å². The van der Waals surface area contributed by atoms with Gasteiger partial charge in [-0.05, 0) is 27.7 Å². The molecule has 2 aromatic rings. The first kappa shape index (κ1) is 16.3. The zero-order chi connectivity index (χ0) is 16.4. The molecule has 0 unspecified atom stereocenters. The quantitative estimate of drug-likeness (QED) is 0.805. The molecular weight excluding hydrogens is 286 g/mol. The Morgan fingerprint density at radius 3 is 2.32 bits per heavy atom. The number of anilines is 1. The second-order valence-corrected chi connectivity index (χ2v) is 5.30. The molecule has 122 valence electrons. The number of nitrogens with zero attached hydrogens (tertiary/aromatic N) is 4. The first-order valence-electron chi connectivity index (χ1n) is 7.58. The Kier molecular flexibility index (Phi) is 4.70. The summed E-state index contributed by atoms with van der Waals surface area (Å²) >= 11 is 0. The fraction of sp³-hybridized carbons (Fsp3) is 0.643. The number of aromatic nitrogens is 4. The molecule has 0 aromatic carbocycles. The molecule has 2 aromatic heterocycles. The number of aliphatic hydroxyl groups is 1. The van der Waals surface area contributed by atoms with Crippen molar-refractivity contribution in [2.24, 2.45) is 0 Å². The Morgan fingerprint density at radius 1 is 1.18 bits per heavy atom. The summed E-state index contributed by atoms with van der Waals surface area (Å²) in [5, 5.41) is 12.0. The summed E-state index contributed by atoms with van der Waals surface area (Å²) in [6.07, 6.45) is 0. The van der Waals surface area contributed by atoms with Crippen molar-refractivity contribution in [3.63, 3.8) is 0 Å². The van der Waals surface area contributed by atoms with Gasteiger partial charge in [0.2, 0.25) is 5.95 Å². The van der Waals surface area contributed by atoms with Crippen LogP contribution in [0, 0.1) is 0 Å². The third-order valence-electron chi connectivity index (χ3n) is 3.61. The number of nitrogens with one attached hydrogen (secondary N) is 1. The van der Waals surface area contributed by atoms with Crippen LogP contribution < -0.4 is 16.6 Å². The maximum Gasteiger partial charge on any atom is 0.332 e. The van der Waals surface area contributed by atoms with Crippen molar-refractivity contribution in [1.82, 2.24) is 18.7 Å². The molecule has 0 aliphatic rings. The topological polar surface area (TPSA) is 94.1 Å². The van der Waals surface area contributed by atoms with E-state index in [9.17, 15) is 9.59 Å². The molecule has 0 saturated carbocycles. The predicted molar refractivity (Wildman–Crippen MR) is 85.6 cm³/mol. The maximum atomic E-state index is 12.6. The zero-order valence-corrected chi connectivity index (χ0v) is 13.5. The van der Waals surface area contributed by atoms with E-state index in [1.807, 2.05) is 20.8 Å². The molecule has 0 amide bonds. The summed E-state index contributed by atoms with van der Waals surface area (Å²) in [5.41, 5.74) is 0.130. The second kappa shape index (κ2) is 6.35. The van der Waals surface area contributed by atoms with E-state index in [0.717, 1.165) is 0 Å². The minimum Gasteiger partial charge on any atom is -0.395 e. The standard InChI is InChI=1S/C14H23N5O3/c1-5-17-10-11(16-13(17)15-7-8-20)19(9(3)4)14(22)18(6-2)12(10)21/h9,20H,5-8H2,1-4H3,(H,15,16). The van der Waals surface area contributed by atoms with Gasteiger partial charge in [-0.2, -0.15) is 4.98 Å². The highest BCUT2D eigenvalue weighted by Crippen LogP contribution is 2.18. The second-order valence-electron chi connectivity index (χ2n) is 5.30. The van der Waals surface area contributed by atoms with Gasteiger partial charge in [-0.3, -0.25) is 13.9 Å². The molecular formula is C14H23N5O3. The highest BCUT2D eigenvalue weighted by atomic mass is 16.3. The SMILES string of the molecule is CCn1c(=O)c2c(nc(NCCO)n2CC)n(C(C)C)c1=O. The van der Waals surface area contributed by atoms with Crippen LogP contribution in [-0.4, -0.2) is 36.9 Å². The summed E-state index contributed by atoms with van der Waals surface area (Å²) in [6, 6.07) is -0.112. The minimum atomic E-state index is -0.343. The largest absolute Gasteiger partial charge is 0.395 e. The number of fused-ring (bicyclic) bond motifs is 1. The van der Waals surface area contributed by atoms with E-state index in [-0.39, 0.29) is 23.9 Å². The molecule has 0 spiro atoms. The lowest BCUT2D eigenvalue weighted by molar-refractivity contribution is 0.310. The number of aryl methyl sites for hydroxylation is 1. The van der Waals surface area contributed by atoms with Crippen molar-refractivity contribution in [2.45, 2.75) is 46.8 Å².